The smallest absolute Gasteiger partial charge is 0.255 e. The number of hydrogen-bond acceptors (Lipinski definition) is 4. The Morgan fingerprint density at radius 1 is 1.03 bits per heavy atom. The first-order chi connectivity index (χ1) is 14.7. The van der Waals surface area contributed by atoms with Gasteiger partial charge in [0.2, 0.25) is 15.9 Å². The van der Waals surface area contributed by atoms with Gasteiger partial charge in [0.25, 0.3) is 5.91 Å². The summed E-state index contributed by atoms with van der Waals surface area (Å²) in [4.78, 5) is 24.5. The summed E-state index contributed by atoms with van der Waals surface area (Å²) in [6.45, 7) is 5.97. The van der Waals surface area contributed by atoms with Crippen molar-refractivity contribution in [2.24, 2.45) is 0 Å². The molecule has 1 fully saturated rings. The van der Waals surface area contributed by atoms with Crippen molar-refractivity contribution in [2.45, 2.75) is 57.4 Å². The Kier molecular flexibility index (Phi) is 7.12. The molecule has 1 saturated heterocycles. The van der Waals surface area contributed by atoms with E-state index in [0.717, 1.165) is 19.3 Å². The van der Waals surface area contributed by atoms with Gasteiger partial charge >= 0.3 is 0 Å². The van der Waals surface area contributed by atoms with E-state index >= 15 is 0 Å². The lowest BCUT2D eigenvalue weighted by Crippen LogP contribution is -2.42. The molecule has 0 bridgehead atoms. The Morgan fingerprint density at radius 3 is 2.29 bits per heavy atom. The molecule has 1 aliphatic rings. The molecule has 31 heavy (non-hydrogen) atoms. The average Bonchev–Trinajstić information content (AvgIpc) is 2.75. The van der Waals surface area contributed by atoms with Crippen LogP contribution >= 0.6 is 0 Å². The second kappa shape index (κ2) is 9.62. The van der Waals surface area contributed by atoms with E-state index in [1.54, 1.807) is 50.2 Å². The van der Waals surface area contributed by atoms with E-state index in [-0.39, 0.29) is 22.8 Å². The lowest BCUT2D eigenvalue weighted by Gasteiger charge is -2.32. The topological polar surface area (TPSA) is 95.6 Å². The summed E-state index contributed by atoms with van der Waals surface area (Å²) in [5.74, 6) is -0.472. The molecule has 166 valence electrons. The fourth-order valence-corrected chi connectivity index (χ4v) is 5.38. The van der Waals surface area contributed by atoms with Crippen molar-refractivity contribution >= 4 is 33.2 Å². The van der Waals surface area contributed by atoms with Crippen LogP contribution in [0.1, 0.15) is 55.5 Å². The van der Waals surface area contributed by atoms with Crippen LogP contribution in [0.3, 0.4) is 0 Å². The fraction of sp³-hybridized carbons (Fsp3) is 0.391. The molecular formula is C23H29N3O4S. The van der Waals surface area contributed by atoms with Crippen LogP contribution in [-0.4, -0.2) is 37.1 Å². The summed E-state index contributed by atoms with van der Waals surface area (Å²) in [6, 6.07) is 11.4. The van der Waals surface area contributed by atoms with Crippen molar-refractivity contribution in [2.75, 3.05) is 17.2 Å². The Bertz CT molecular complexity index is 1060. The summed E-state index contributed by atoms with van der Waals surface area (Å²) in [5, 5.41) is 5.55. The second-order valence-electron chi connectivity index (χ2n) is 7.87. The number of nitrogens with one attached hydrogen (secondary N) is 2. The van der Waals surface area contributed by atoms with Gasteiger partial charge in [-0.2, -0.15) is 4.31 Å². The monoisotopic (exact) mass is 443 g/mol. The number of sulfonamides is 1. The molecule has 0 saturated carbocycles. The maximum Gasteiger partial charge on any atom is 0.255 e. The standard InChI is InChI=1S/C23H29N3O4S/c1-4-22(27)24-18-9-11-19(12-10-18)25-23(28)21-15-20(13-8-16(21)2)31(29,30)26-14-6-5-7-17(26)3/h8-13,15,17H,4-7,14H2,1-3H3,(H,24,27)(H,25,28). The van der Waals surface area contributed by atoms with Crippen LogP contribution in [0.15, 0.2) is 47.4 Å². The molecule has 0 aromatic heterocycles. The summed E-state index contributed by atoms with van der Waals surface area (Å²) in [7, 11) is -3.66. The second-order valence-corrected chi connectivity index (χ2v) is 9.76. The summed E-state index contributed by atoms with van der Waals surface area (Å²) >= 11 is 0. The van der Waals surface area contributed by atoms with Crippen LogP contribution in [0.2, 0.25) is 0 Å². The van der Waals surface area contributed by atoms with E-state index < -0.39 is 10.0 Å². The van der Waals surface area contributed by atoms with E-state index in [1.165, 1.54) is 10.4 Å². The van der Waals surface area contributed by atoms with Crippen molar-refractivity contribution in [3.63, 3.8) is 0 Å². The average molecular weight is 444 g/mol. The van der Waals surface area contributed by atoms with Crippen molar-refractivity contribution in [3.05, 3.63) is 53.6 Å². The van der Waals surface area contributed by atoms with Crippen LogP contribution in [-0.2, 0) is 14.8 Å². The van der Waals surface area contributed by atoms with Gasteiger partial charge in [-0.3, -0.25) is 9.59 Å². The third-order valence-electron chi connectivity index (χ3n) is 5.55. The first-order valence-corrected chi connectivity index (χ1v) is 12.0. The van der Waals surface area contributed by atoms with Gasteiger partial charge in [-0.25, -0.2) is 8.42 Å². The summed E-state index contributed by atoms with van der Waals surface area (Å²) in [6.07, 6.45) is 3.09. The molecule has 1 heterocycles. The van der Waals surface area contributed by atoms with Gasteiger partial charge in [0.05, 0.1) is 4.90 Å². The van der Waals surface area contributed by atoms with Crippen molar-refractivity contribution in [1.29, 1.82) is 0 Å². The van der Waals surface area contributed by atoms with Crippen LogP contribution < -0.4 is 10.6 Å². The first kappa shape index (κ1) is 23.0. The van der Waals surface area contributed by atoms with Gasteiger partial charge in [-0.05, 0) is 68.7 Å². The molecule has 1 atom stereocenters. The normalized spacial score (nSPS) is 17.2. The van der Waals surface area contributed by atoms with E-state index in [0.29, 0.717) is 35.5 Å². The summed E-state index contributed by atoms with van der Waals surface area (Å²) in [5.41, 5.74) is 2.20. The van der Waals surface area contributed by atoms with E-state index in [9.17, 15) is 18.0 Å². The van der Waals surface area contributed by atoms with Crippen LogP contribution in [0.5, 0.6) is 0 Å². The number of hydrogen-bond donors (Lipinski definition) is 2. The molecule has 1 unspecified atom stereocenters. The molecule has 2 N–H and O–H groups in total. The van der Waals surface area contributed by atoms with Crippen molar-refractivity contribution in [1.82, 2.24) is 4.31 Å². The highest BCUT2D eigenvalue weighted by atomic mass is 32.2. The van der Waals surface area contributed by atoms with Crippen LogP contribution in [0.4, 0.5) is 11.4 Å². The molecule has 7 nitrogen and oxygen atoms in total. The number of rotatable bonds is 6. The molecule has 3 rings (SSSR count). The number of piperidine rings is 1. The lowest BCUT2D eigenvalue weighted by atomic mass is 10.1. The number of carbonyl (C=O) groups excluding carboxylic acids is 2. The van der Waals surface area contributed by atoms with Crippen LogP contribution in [0, 0.1) is 6.92 Å². The zero-order valence-corrected chi connectivity index (χ0v) is 19.0. The predicted octanol–water partition coefficient (Wildman–Crippen LogP) is 4.16. The van der Waals surface area contributed by atoms with Gasteiger partial charge in [0.15, 0.2) is 0 Å². The minimum Gasteiger partial charge on any atom is -0.326 e. The maximum atomic E-state index is 13.2. The molecule has 8 heteroatoms. The molecule has 1 aliphatic heterocycles. The highest BCUT2D eigenvalue weighted by Gasteiger charge is 2.31. The van der Waals surface area contributed by atoms with E-state index in [1.807, 2.05) is 6.92 Å². The van der Waals surface area contributed by atoms with Gasteiger partial charge in [-0.15, -0.1) is 0 Å². The Balaban J connectivity index is 1.79. The number of aryl methyl sites for hydroxylation is 1. The number of anilines is 2. The zero-order chi connectivity index (χ0) is 22.6. The molecular weight excluding hydrogens is 414 g/mol. The maximum absolute atomic E-state index is 13.2. The fourth-order valence-electron chi connectivity index (χ4n) is 3.66. The molecule has 2 aromatic rings. The Hall–Kier alpha value is -2.71. The van der Waals surface area contributed by atoms with Gasteiger partial charge in [0, 0.05) is 35.9 Å². The Morgan fingerprint density at radius 2 is 1.68 bits per heavy atom. The highest BCUT2D eigenvalue weighted by molar-refractivity contribution is 7.89. The third kappa shape index (κ3) is 5.32. The molecule has 0 aliphatic carbocycles. The first-order valence-electron chi connectivity index (χ1n) is 10.6. The SMILES string of the molecule is CCC(=O)Nc1ccc(NC(=O)c2cc(S(=O)(=O)N3CCCCC3C)ccc2C)cc1. The zero-order valence-electron chi connectivity index (χ0n) is 18.1. The highest BCUT2D eigenvalue weighted by Crippen LogP contribution is 2.27. The third-order valence-corrected chi connectivity index (χ3v) is 7.56. The minimum atomic E-state index is -3.66. The van der Waals surface area contributed by atoms with E-state index in [2.05, 4.69) is 10.6 Å². The number of nitrogens with zero attached hydrogens (tertiary/aromatic N) is 1. The number of benzene rings is 2. The van der Waals surface area contributed by atoms with Gasteiger partial charge in [-0.1, -0.05) is 19.4 Å². The largest absolute Gasteiger partial charge is 0.326 e. The number of carbonyl (C=O) groups is 2. The van der Waals surface area contributed by atoms with E-state index in [4.69, 9.17) is 0 Å². The van der Waals surface area contributed by atoms with Gasteiger partial charge < -0.3 is 10.6 Å². The number of amides is 2. The van der Waals surface area contributed by atoms with Crippen molar-refractivity contribution < 1.29 is 18.0 Å². The predicted molar refractivity (Wildman–Crippen MR) is 122 cm³/mol. The van der Waals surface area contributed by atoms with Gasteiger partial charge in [0.1, 0.15) is 0 Å². The Labute approximate surface area is 183 Å². The quantitative estimate of drug-likeness (QED) is 0.701. The molecule has 2 amide bonds. The lowest BCUT2D eigenvalue weighted by molar-refractivity contribution is -0.115. The molecule has 0 radical (unpaired) electrons. The summed E-state index contributed by atoms with van der Waals surface area (Å²) < 4.78 is 27.8. The van der Waals surface area contributed by atoms with Crippen molar-refractivity contribution in [3.8, 4) is 0 Å². The molecule has 0 spiro atoms. The van der Waals surface area contributed by atoms with Crippen LogP contribution in [0.25, 0.3) is 0 Å². The minimum absolute atomic E-state index is 0.0518. The molecule has 2 aromatic carbocycles.